The van der Waals surface area contributed by atoms with Crippen molar-refractivity contribution in [3.05, 3.63) is 80.6 Å². The smallest absolute Gasteiger partial charge is 0.271 e. The first-order valence-electron chi connectivity index (χ1n) is 13.2. The molecule has 1 saturated heterocycles. The van der Waals surface area contributed by atoms with Crippen molar-refractivity contribution in [1.82, 2.24) is 14.9 Å². The number of amides is 1. The molecule has 0 saturated carbocycles. The summed E-state index contributed by atoms with van der Waals surface area (Å²) in [5.74, 6) is 0.731. The predicted octanol–water partition coefficient (Wildman–Crippen LogP) is 2.85. The van der Waals surface area contributed by atoms with E-state index >= 15 is 0 Å². The Balaban J connectivity index is 1.17. The highest BCUT2D eigenvalue weighted by molar-refractivity contribution is 5.96. The van der Waals surface area contributed by atoms with Gasteiger partial charge in [0.05, 0.1) is 12.8 Å². The number of fused-ring (bicyclic) bond motifs is 1. The van der Waals surface area contributed by atoms with Gasteiger partial charge in [0.25, 0.3) is 22.6 Å². The number of ether oxygens (including phenoxy) is 2. The summed E-state index contributed by atoms with van der Waals surface area (Å²) in [5.41, 5.74) is 3.62. The molecule has 0 unspecified atom stereocenters. The van der Waals surface area contributed by atoms with Gasteiger partial charge in [-0.1, -0.05) is 54.6 Å². The van der Waals surface area contributed by atoms with Crippen LogP contribution in [0.4, 0.5) is 11.5 Å². The number of piperidine rings is 1. The first-order chi connectivity index (χ1) is 19.4. The molecule has 1 amide bonds. The van der Waals surface area contributed by atoms with E-state index in [2.05, 4.69) is 22.3 Å². The van der Waals surface area contributed by atoms with E-state index in [1.165, 1.54) is 17.6 Å². The minimum Gasteiger partial charge on any atom is -0.491 e. The van der Waals surface area contributed by atoms with Crippen LogP contribution < -0.4 is 30.5 Å². The van der Waals surface area contributed by atoms with Crippen molar-refractivity contribution in [1.29, 1.82) is 0 Å². The summed E-state index contributed by atoms with van der Waals surface area (Å²) >= 11 is 0. The second kappa shape index (κ2) is 10.5. The highest BCUT2D eigenvalue weighted by Gasteiger charge is 2.29. The van der Waals surface area contributed by atoms with E-state index in [1.807, 2.05) is 42.5 Å². The average Bonchev–Trinajstić information content (AvgIpc) is 3.00. The van der Waals surface area contributed by atoms with Gasteiger partial charge in [0.2, 0.25) is 0 Å². The van der Waals surface area contributed by atoms with Crippen LogP contribution in [0.5, 0.6) is 11.6 Å². The summed E-state index contributed by atoms with van der Waals surface area (Å²) in [6, 6.07) is 18.2. The van der Waals surface area contributed by atoms with Gasteiger partial charge in [0.1, 0.15) is 11.4 Å². The summed E-state index contributed by atoms with van der Waals surface area (Å²) in [4.78, 5) is 49.1. The third-order valence-electron chi connectivity index (χ3n) is 7.56. The molecule has 3 aromatic carbocycles. The van der Waals surface area contributed by atoms with E-state index in [0.29, 0.717) is 28.8 Å². The van der Waals surface area contributed by atoms with Crippen LogP contribution in [0.25, 0.3) is 22.5 Å². The number of likely N-dealkylation sites (tertiary alicyclic amines) is 1. The van der Waals surface area contributed by atoms with Crippen molar-refractivity contribution in [2.75, 3.05) is 44.1 Å². The van der Waals surface area contributed by atoms with Gasteiger partial charge in [-0.2, -0.15) is 0 Å². The molecule has 4 aromatic rings. The van der Waals surface area contributed by atoms with Gasteiger partial charge in [-0.3, -0.25) is 24.2 Å². The zero-order valence-corrected chi connectivity index (χ0v) is 22.3. The maximum atomic E-state index is 12.2. The molecule has 3 heterocycles. The van der Waals surface area contributed by atoms with Crippen LogP contribution in [0.1, 0.15) is 18.4 Å². The van der Waals surface area contributed by atoms with E-state index in [4.69, 9.17) is 19.4 Å². The van der Waals surface area contributed by atoms with E-state index < -0.39 is 10.9 Å². The Morgan fingerprint density at radius 2 is 1.60 bits per heavy atom. The van der Waals surface area contributed by atoms with Gasteiger partial charge in [0, 0.05) is 43.9 Å². The van der Waals surface area contributed by atoms with Gasteiger partial charge >= 0.3 is 0 Å². The minimum atomic E-state index is -0.557. The predicted molar refractivity (Wildman–Crippen MR) is 152 cm³/mol. The number of benzene rings is 2. The maximum absolute atomic E-state index is 12.2. The number of methoxy groups -OCH3 is 1. The number of carbonyl (C=O) groups is 1. The first-order valence-corrected chi connectivity index (χ1v) is 13.2. The lowest BCUT2D eigenvalue weighted by Crippen LogP contribution is -2.42. The number of nitrogens with one attached hydrogen (secondary N) is 1. The molecular weight excluding hydrogens is 510 g/mol. The Morgan fingerprint density at radius 1 is 0.925 bits per heavy atom. The fraction of sp³-hybridized carbons (Fsp3) is 0.300. The average molecular weight is 540 g/mol. The highest BCUT2D eigenvalue weighted by Crippen LogP contribution is 2.37. The number of likely N-dealkylation sites (N-methyl/N-ethyl adjacent to an activating group) is 1. The van der Waals surface area contributed by atoms with E-state index in [9.17, 15) is 14.4 Å². The van der Waals surface area contributed by atoms with Crippen molar-refractivity contribution < 1.29 is 14.3 Å². The van der Waals surface area contributed by atoms with E-state index in [1.54, 1.807) is 7.05 Å². The standard InChI is InChI=1S/C30H29N5O5/c1-34-22(36)17-40-30-29(34)32-23(19-6-4-3-5-7-19)24(33-30)20-10-8-18(9-11-20)16-35-14-12-21(13-15-35)31-25-26(37)27(38)28(25)39-2/h3-11,21,31H,12-17H2,1-2H3. The van der Waals surface area contributed by atoms with Crippen LogP contribution in [0.3, 0.4) is 0 Å². The second-order valence-corrected chi connectivity index (χ2v) is 10.1. The third-order valence-corrected chi connectivity index (χ3v) is 7.56. The minimum absolute atomic E-state index is 0.0625. The van der Waals surface area contributed by atoms with Gasteiger partial charge < -0.3 is 14.8 Å². The Bertz CT molecular complexity index is 1620. The third kappa shape index (κ3) is 4.71. The molecule has 1 fully saturated rings. The number of aromatic nitrogens is 2. The molecule has 10 heteroatoms. The van der Waals surface area contributed by atoms with Crippen LogP contribution in [0, 0.1) is 0 Å². The fourth-order valence-corrected chi connectivity index (χ4v) is 5.23. The number of anilines is 2. The van der Waals surface area contributed by atoms with Crippen LogP contribution in [0.2, 0.25) is 0 Å². The second-order valence-electron chi connectivity index (χ2n) is 10.1. The molecule has 6 rings (SSSR count). The summed E-state index contributed by atoms with van der Waals surface area (Å²) in [7, 11) is 3.09. The number of hydrogen-bond donors (Lipinski definition) is 1. The van der Waals surface area contributed by atoms with Crippen molar-refractivity contribution in [2.24, 2.45) is 0 Å². The Labute approximate surface area is 230 Å². The highest BCUT2D eigenvalue weighted by atomic mass is 16.5. The number of carbonyl (C=O) groups excluding carboxylic acids is 1. The van der Waals surface area contributed by atoms with Crippen LogP contribution in [-0.2, 0) is 11.3 Å². The zero-order valence-electron chi connectivity index (χ0n) is 22.3. The summed E-state index contributed by atoms with van der Waals surface area (Å²) in [6.45, 7) is 2.48. The number of rotatable bonds is 7. The molecule has 0 spiro atoms. The SMILES string of the molecule is COc1c(NC2CCN(Cc3ccc(-c4nc5c(nc4-c4ccccc4)N(C)C(=O)CO5)cc3)CC2)c(=O)c1=O. The summed E-state index contributed by atoms with van der Waals surface area (Å²) < 4.78 is 10.7. The molecule has 2 aliphatic rings. The van der Waals surface area contributed by atoms with Crippen LogP contribution >= 0.6 is 0 Å². The molecule has 2 aliphatic heterocycles. The lowest BCUT2D eigenvalue weighted by molar-refractivity contribution is -0.121. The zero-order chi connectivity index (χ0) is 27.8. The van der Waals surface area contributed by atoms with Gasteiger partial charge in [-0.05, 0) is 18.4 Å². The molecule has 0 atom stereocenters. The monoisotopic (exact) mass is 539 g/mol. The molecule has 204 valence electrons. The van der Waals surface area contributed by atoms with Gasteiger partial charge in [-0.25, -0.2) is 9.97 Å². The van der Waals surface area contributed by atoms with Crippen LogP contribution in [-0.4, -0.2) is 60.7 Å². The quantitative estimate of drug-likeness (QED) is 0.354. The van der Waals surface area contributed by atoms with Gasteiger partial charge in [-0.15, -0.1) is 0 Å². The molecule has 0 bridgehead atoms. The molecule has 1 aromatic heterocycles. The topological polar surface area (TPSA) is 114 Å². The normalized spacial score (nSPS) is 16.1. The maximum Gasteiger partial charge on any atom is 0.271 e. The molecule has 40 heavy (non-hydrogen) atoms. The largest absolute Gasteiger partial charge is 0.491 e. The first kappa shape index (κ1) is 25.7. The van der Waals surface area contributed by atoms with Crippen molar-refractivity contribution in [2.45, 2.75) is 25.4 Å². The van der Waals surface area contributed by atoms with Crippen molar-refractivity contribution >= 4 is 17.4 Å². The van der Waals surface area contributed by atoms with Crippen molar-refractivity contribution in [3.63, 3.8) is 0 Å². The molecule has 10 nitrogen and oxygen atoms in total. The molecule has 0 radical (unpaired) electrons. The Hall–Kier alpha value is -4.57. The van der Waals surface area contributed by atoms with Crippen molar-refractivity contribution in [3.8, 4) is 34.1 Å². The van der Waals surface area contributed by atoms with Gasteiger partial charge in [0.15, 0.2) is 18.2 Å². The summed E-state index contributed by atoms with van der Waals surface area (Å²) in [5, 5.41) is 3.20. The number of hydrogen-bond acceptors (Lipinski definition) is 9. The lowest BCUT2D eigenvalue weighted by Gasteiger charge is -2.33. The molecule has 0 aliphatic carbocycles. The van der Waals surface area contributed by atoms with E-state index in [-0.39, 0.29) is 24.3 Å². The summed E-state index contributed by atoms with van der Waals surface area (Å²) in [6.07, 6.45) is 1.73. The molecule has 1 N–H and O–H groups in total. The Kier molecular flexibility index (Phi) is 6.77. The lowest BCUT2D eigenvalue weighted by atomic mass is 10.0. The fourth-order valence-electron chi connectivity index (χ4n) is 5.23. The Morgan fingerprint density at radius 3 is 2.30 bits per heavy atom. The molecular formula is C30H29N5O5. The van der Waals surface area contributed by atoms with E-state index in [0.717, 1.165) is 43.6 Å². The number of nitrogens with zero attached hydrogens (tertiary/aromatic N) is 4. The van der Waals surface area contributed by atoms with Crippen LogP contribution in [0.15, 0.2) is 64.2 Å².